The molecule has 0 bridgehead atoms. The molecule has 24 heavy (non-hydrogen) atoms. The Morgan fingerprint density at radius 3 is 2.67 bits per heavy atom. The van der Waals surface area contributed by atoms with Crippen LogP contribution in [0, 0.1) is 0 Å². The summed E-state index contributed by atoms with van der Waals surface area (Å²) in [5.74, 6) is -0.758. The van der Waals surface area contributed by atoms with Crippen molar-refractivity contribution in [3.05, 3.63) is 28.8 Å². The van der Waals surface area contributed by atoms with Gasteiger partial charge in [0.05, 0.1) is 6.54 Å². The lowest BCUT2D eigenvalue weighted by molar-refractivity contribution is -0.138. The number of benzene rings is 1. The van der Waals surface area contributed by atoms with Crippen LogP contribution in [-0.4, -0.2) is 58.8 Å². The van der Waals surface area contributed by atoms with Gasteiger partial charge in [0.1, 0.15) is 0 Å². The van der Waals surface area contributed by atoms with Gasteiger partial charge in [-0.2, -0.15) is 0 Å². The number of carboxylic acids is 1. The number of carbonyl (C=O) groups is 1. The van der Waals surface area contributed by atoms with Gasteiger partial charge in [0, 0.05) is 27.8 Å². The van der Waals surface area contributed by atoms with E-state index in [1.165, 1.54) is 10.5 Å². The van der Waals surface area contributed by atoms with Gasteiger partial charge in [0.25, 0.3) is 0 Å². The summed E-state index contributed by atoms with van der Waals surface area (Å²) < 4.78 is 0. The maximum atomic E-state index is 10.9. The molecule has 0 atom stereocenters. The first kappa shape index (κ1) is 19.6. The summed E-state index contributed by atoms with van der Waals surface area (Å²) in [5, 5.41) is 10.3. The highest BCUT2D eigenvalue weighted by Crippen LogP contribution is 2.32. The van der Waals surface area contributed by atoms with E-state index in [1.54, 1.807) is 0 Å². The molecule has 6 heteroatoms. The third kappa shape index (κ3) is 5.66. The number of likely N-dealkylation sites (N-methyl/N-ethyl adjacent to an activating group) is 1. The van der Waals surface area contributed by atoms with Crippen molar-refractivity contribution in [2.24, 2.45) is 0 Å². The first-order valence-electron chi connectivity index (χ1n) is 8.45. The molecule has 1 saturated heterocycles. The highest BCUT2D eigenvalue weighted by molar-refractivity contribution is 8.00. The number of rotatable bonds is 7. The lowest BCUT2D eigenvalue weighted by atomic mass is 10.0. The number of halogens is 1. The Balaban J connectivity index is 1.95. The predicted octanol–water partition coefficient (Wildman–Crippen LogP) is 3.82. The minimum Gasteiger partial charge on any atom is -0.480 e. The highest BCUT2D eigenvalue weighted by atomic mass is 35.5. The van der Waals surface area contributed by atoms with Crippen LogP contribution >= 0.6 is 23.4 Å². The summed E-state index contributed by atoms with van der Waals surface area (Å²) in [7, 11) is 1.90. The van der Waals surface area contributed by atoms with E-state index in [4.69, 9.17) is 16.7 Å². The molecule has 0 amide bonds. The van der Waals surface area contributed by atoms with E-state index in [1.807, 2.05) is 35.8 Å². The summed E-state index contributed by atoms with van der Waals surface area (Å²) in [6.45, 7) is 7.32. The zero-order valence-electron chi connectivity index (χ0n) is 14.7. The normalized spacial score (nSPS) is 16.9. The van der Waals surface area contributed by atoms with E-state index in [0.717, 1.165) is 37.5 Å². The minimum atomic E-state index is -0.758. The zero-order valence-corrected chi connectivity index (χ0v) is 16.2. The van der Waals surface area contributed by atoms with Crippen molar-refractivity contribution in [1.29, 1.82) is 0 Å². The van der Waals surface area contributed by atoms with Gasteiger partial charge in [0.15, 0.2) is 0 Å². The molecule has 0 radical (unpaired) electrons. The second-order valence-electron chi connectivity index (χ2n) is 6.70. The molecule has 0 spiro atoms. The van der Waals surface area contributed by atoms with Gasteiger partial charge in [0.2, 0.25) is 0 Å². The Bertz CT molecular complexity index is 560. The fourth-order valence-corrected chi connectivity index (χ4v) is 4.41. The van der Waals surface area contributed by atoms with E-state index in [2.05, 4.69) is 24.8 Å². The van der Waals surface area contributed by atoms with Crippen LogP contribution in [0.1, 0.15) is 32.3 Å². The number of thioether (sulfide) groups is 1. The van der Waals surface area contributed by atoms with Crippen LogP contribution in [0.25, 0.3) is 0 Å². The predicted molar refractivity (Wildman–Crippen MR) is 101 cm³/mol. The molecule has 0 aliphatic carbocycles. The number of hydrogen-bond donors (Lipinski definition) is 1. The third-order valence-corrected chi connectivity index (χ3v) is 5.85. The Labute approximate surface area is 154 Å². The van der Waals surface area contributed by atoms with Crippen LogP contribution in [0.5, 0.6) is 0 Å². The summed E-state index contributed by atoms with van der Waals surface area (Å²) in [5.41, 5.74) is 1.22. The number of piperidine rings is 1. The van der Waals surface area contributed by atoms with Crippen molar-refractivity contribution in [3.8, 4) is 0 Å². The minimum absolute atomic E-state index is 0.115. The molecule has 1 aromatic carbocycles. The van der Waals surface area contributed by atoms with Crippen molar-refractivity contribution < 1.29 is 9.90 Å². The van der Waals surface area contributed by atoms with Crippen LogP contribution in [0.2, 0.25) is 5.02 Å². The molecule has 1 fully saturated rings. The molecule has 1 aromatic rings. The number of aliphatic carboxylic acids is 1. The monoisotopic (exact) mass is 370 g/mol. The van der Waals surface area contributed by atoms with Crippen LogP contribution in [-0.2, 0) is 11.3 Å². The van der Waals surface area contributed by atoms with Crippen molar-refractivity contribution in [3.63, 3.8) is 0 Å². The van der Waals surface area contributed by atoms with Crippen molar-refractivity contribution in [2.75, 3.05) is 26.7 Å². The number of nitrogens with zero attached hydrogens (tertiary/aromatic N) is 2. The first-order valence-corrected chi connectivity index (χ1v) is 9.71. The zero-order chi connectivity index (χ0) is 17.7. The number of carboxylic acid groups (broad SMARTS) is 1. The molecule has 134 valence electrons. The Hall–Kier alpha value is -0.750. The van der Waals surface area contributed by atoms with Crippen LogP contribution in [0.4, 0.5) is 0 Å². The van der Waals surface area contributed by atoms with E-state index in [0.29, 0.717) is 11.3 Å². The van der Waals surface area contributed by atoms with E-state index >= 15 is 0 Å². The number of likely N-dealkylation sites (tertiary alicyclic amines) is 1. The average molecular weight is 371 g/mol. The fraction of sp³-hybridized carbons (Fsp3) is 0.611. The molecule has 1 heterocycles. The fourth-order valence-electron chi connectivity index (χ4n) is 3.14. The maximum absolute atomic E-state index is 10.9. The molecule has 1 N–H and O–H groups in total. The van der Waals surface area contributed by atoms with Gasteiger partial charge >= 0.3 is 5.97 Å². The van der Waals surface area contributed by atoms with Crippen molar-refractivity contribution in [1.82, 2.24) is 9.80 Å². The molecule has 0 aromatic heterocycles. The van der Waals surface area contributed by atoms with Crippen LogP contribution in [0.15, 0.2) is 23.1 Å². The molecule has 0 saturated carbocycles. The van der Waals surface area contributed by atoms with Gasteiger partial charge in [-0.1, -0.05) is 31.5 Å². The van der Waals surface area contributed by atoms with Gasteiger partial charge in [-0.3, -0.25) is 14.6 Å². The SMILES string of the molecule is CC(C)Sc1cccc(Cl)c1CN1CCC(N(C)CC(=O)O)CC1. The molecular weight excluding hydrogens is 344 g/mol. The molecular formula is C18H27ClN2O2S. The largest absolute Gasteiger partial charge is 0.480 e. The first-order chi connectivity index (χ1) is 11.4. The van der Waals surface area contributed by atoms with Crippen LogP contribution < -0.4 is 0 Å². The lowest BCUT2D eigenvalue weighted by Gasteiger charge is -2.36. The quantitative estimate of drug-likeness (QED) is 0.739. The van der Waals surface area contributed by atoms with Gasteiger partial charge < -0.3 is 5.11 Å². The molecule has 2 rings (SSSR count). The summed E-state index contributed by atoms with van der Waals surface area (Å²) in [6, 6.07) is 6.49. The van der Waals surface area contributed by atoms with Gasteiger partial charge in [-0.25, -0.2) is 0 Å². The van der Waals surface area contributed by atoms with E-state index < -0.39 is 5.97 Å². The van der Waals surface area contributed by atoms with Crippen LogP contribution in [0.3, 0.4) is 0 Å². The third-order valence-electron chi connectivity index (χ3n) is 4.39. The summed E-state index contributed by atoms with van der Waals surface area (Å²) >= 11 is 8.31. The van der Waals surface area contributed by atoms with Gasteiger partial charge in [-0.15, -0.1) is 11.8 Å². The Kier molecular flexibility index (Phi) is 7.41. The Morgan fingerprint density at radius 1 is 1.42 bits per heavy atom. The lowest BCUT2D eigenvalue weighted by Crippen LogP contribution is -2.44. The second kappa shape index (κ2) is 9.09. The number of hydrogen-bond acceptors (Lipinski definition) is 4. The highest BCUT2D eigenvalue weighted by Gasteiger charge is 2.24. The molecule has 1 aliphatic heterocycles. The maximum Gasteiger partial charge on any atom is 0.317 e. The standard InChI is InChI=1S/C18H27ClN2O2S/c1-13(2)24-17-6-4-5-16(19)15(17)11-21-9-7-14(8-10-21)20(3)12-18(22)23/h4-6,13-14H,7-12H2,1-3H3,(H,22,23). The average Bonchev–Trinajstić information content (AvgIpc) is 2.50. The topological polar surface area (TPSA) is 43.8 Å². The van der Waals surface area contributed by atoms with E-state index in [-0.39, 0.29) is 6.54 Å². The molecule has 0 unspecified atom stereocenters. The summed E-state index contributed by atoms with van der Waals surface area (Å²) in [6.07, 6.45) is 2.00. The van der Waals surface area contributed by atoms with E-state index in [9.17, 15) is 4.79 Å². The smallest absolute Gasteiger partial charge is 0.317 e. The Morgan fingerprint density at radius 2 is 2.08 bits per heavy atom. The summed E-state index contributed by atoms with van der Waals surface area (Å²) in [4.78, 5) is 16.5. The van der Waals surface area contributed by atoms with Gasteiger partial charge in [-0.05, 0) is 50.7 Å². The van der Waals surface area contributed by atoms with Crippen molar-refractivity contribution in [2.45, 2.75) is 49.4 Å². The van der Waals surface area contributed by atoms with Crippen molar-refractivity contribution >= 4 is 29.3 Å². The second-order valence-corrected chi connectivity index (χ2v) is 8.72. The molecule has 1 aliphatic rings. The molecule has 4 nitrogen and oxygen atoms in total.